The molecular formula is C18H15FN2O3. The standard InChI is InChI=1S/C18H15FN2O3/c1-11(18(22)23)10-14-15(6-3-9-20-14)24-16-8-7-12-4-2-5-13(19)17(12)21-16/h2-9,11H,10H2,1H3,(H,22,23). The highest BCUT2D eigenvalue weighted by Crippen LogP contribution is 2.26. The molecule has 2 heterocycles. The summed E-state index contributed by atoms with van der Waals surface area (Å²) in [6.45, 7) is 1.60. The molecule has 24 heavy (non-hydrogen) atoms. The van der Waals surface area contributed by atoms with Crippen LogP contribution < -0.4 is 4.74 Å². The van der Waals surface area contributed by atoms with Crippen molar-refractivity contribution in [3.05, 3.63) is 60.2 Å². The molecule has 0 aliphatic rings. The molecule has 0 saturated heterocycles. The number of carboxylic acids is 1. The Labute approximate surface area is 137 Å². The summed E-state index contributed by atoms with van der Waals surface area (Å²) >= 11 is 0. The molecular weight excluding hydrogens is 311 g/mol. The van der Waals surface area contributed by atoms with E-state index in [0.29, 0.717) is 16.8 Å². The van der Waals surface area contributed by atoms with E-state index in [-0.39, 0.29) is 17.8 Å². The highest BCUT2D eigenvalue weighted by atomic mass is 19.1. The molecule has 0 radical (unpaired) electrons. The number of aromatic nitrogens is 2. The van der Waals surface area contributed by atoms with Crippen LogP contribution in [0.15, 0.2) is 48.7 Å². The highest BCUT2D eigenvalue weighted by molar-refractivity contribution is 5.79. The predicted molar refractivity (Wildman–Crippen MR) is 86.5 cm³/mol. The number of rotatable bonds is 5. The van der Waals surface area contributed by atoms with E-state index in [9.17, 15) is 9.18 Å². The second kappa shape index (κ2) is 6.62. The van der Waals surface area contributed by atoms with Gasteiger partial charge in [0.1, 0.15) is 11.3 Å². The van der Waals surface area contributed by atoms with Crippen LogP contribution in [0.1, 0.15) is 12.6 Å². The van der Waals surface area contributed by atoms with Gasteiger partial charge in [-0.2, -0.15) is 0 Å². The summed E-state index contributed by atoms with van der Waals surface area (Å²) in [6, 6.07) is 11.4. The Morgan fingerprint density at radius 2 is 2.08 bits per heavy atom. The number of benzene rings is 1. The number of carbonyl (C=O) groups is 1. The summed E-state index contributed by atoms with van der Waals surface area (Å²) in [5.74, 6) is -1.29. The van der Waals surface area contributed by atoms with Gasteiger partial charge < -0.3 is 9.84 Å². The van der Waals surface area contributed by atoms with Gasteiger partial charge in [-0.25, -0.2) is 9.37 Å². The molecule has 2 aromatic heterocycles. The second-order valence-electron chi connectivity index (χ2n) is 5.45. The summed E-state index contributed by atoms with van der Waals surface area (Å²) in [6.07, 6.45) is 1.80. The van der Waals surface area contributed by atoms with Crippen LogP contribution >= 0.6 is 0 Å². The van der Waals surface area contributed by atoms with Gasteiger partial charge in [0.2, 0.25) is 5.88 Å². The molecule has 3 rings (SSSR count). The summed E-state index contributed by atoms with van der Waals surface area (Å²) in [5.41, 5.74) is 0.738. The van der Waals surface area contributed by atoms with Gasteiger partial charge in [-0.15, -0.1) is 0 Å². The van der Waals surface area contributed by atoms with Crippen LogP contribution in [0.5, 0.6) is 11.6 Å². The monoisotopic (exact) mass is 326 g/mol. The molecule has 0 bridgehead atoms. The van der Waals surface area contributed by atoms with Crippen LogP contribution in [0.3, 0.4) is 0 Å². The molecule has 1 unspecified atom stereocenters. The first kappa shape index (κ1) is 15.9. The molecule has 122 valence electrons. The number of carboxylic acid groups (broad SMARTS) is 1. The topological polar surface area (TPSA) is 72.3 Å². The Balaban J connectivity index is 1.91. The van der Waals surface area contributed by atoms with E-state index in [2.05, 4.69) is 9.97 Å². The molecule has 0 saturated carbocycles. The molecule has 0 amide bonds. The van der Waals surface area contributed by atoms with Crippen LogP contribution in [-0.2, 0) is 11.2 Å². The van der Waals surface area contributed by atoms with E-state index in [1.165, 1.54) is 6.07 Å². The zero-order valence-corrected chi connectivity index (χ0v) is 12.9. The number of aliphatic carboxylic acids is 1. The zero-order valence-electron chi connectivity index (χ0n) is 12.9. The lowest BCUT2D eigenvalue weighted by molar-refractivity contribution is -0.141. The summed E-state index contributed by atoms with van der Waals surface area (Å²) in [5, 5.41) is 9.72. The minimum atomic E-state index is -0.905. The first-order chi connectivity index (χ1) is 11.5. The smallest absolute Gasteiger partial charge is 0.306 e. The molecule has 0 spiro atoms. The van der Waals surface area contributed by atoms with Gasteiger partial charge in [0.15, 0.2) is 5.75 Å². The fourth-order valence-corrected chi connectivity index (χ4v) is 2.31. The van der Waals surface area contributed by atoms with E-state index < -0.39 is 17.7 Å². The number of para-hydroxylation sites is 1. The van der Waals surface area contributed by atoms with Crippen molar-refractivity contribution >= 4 is 16.9 Å². The van der Waals surface area contributed by atoms with E-state index >= 15 is 0 Å². The number of halogens is 1. The van der Waals surface area contributed by atoms with Gasteiger partial charge in [-0.05, 0) is 24.3 Å². The maximum Gasteiger partial charge on any atom is 0.306 e. The molecule has 1 N–H and O–H groups in total. The minimum absolute atomic E-state index is 0.222. The Morgan fingerprint density at radius 3 is 2.88 bits per heavy atom. The van der Waals surface area contributed by atoms with E-state index in [1.54, 1.807) is 49.5 Å². The number of nitrogens with zero attached hydrogens (tertiary/aromatic N) is 2. The molecule has 5 nitrogen and oxygen atoms in total. The van der Waals surface area contributed by atoms with E-state index in [0.717, 1.165) is 0 Å². The van der Waals surface area contributed by atoms with Crippen LogP contribution in [0.25, 0.3) is 10.9 Å². The third-order valence-corrected chi connectivity index (χ3v) is 3.63. The summed E-state index contributed by atoms with van der Waals surface area (Å²) < 4.78 is 19.6. The maximum absolute atomic E-state index is 13.8. The molecule has 1 aromatic carbocycles. The van der Waals surface area contributed by atoms with Crippen LogP contribution in [0.2, 0.25) is 0 Å². The van der Waals surface area contributed by atoms with E-state index in [4.69, 9.17) is 9.84 Å². The fraction of sp³-hybridized carbons (Fsp3) is 0.167. The number of hydrogen-bond donors (Lipinski definition) is 1. The molecule has 6 heteroatoms. The van der Waals surface area contributed by atoms with Gasteiger partial charge in [-0.3, -0.25) is 9.78 Å². The van der Waals surface area contributed by atoms with Crippen molar-refractivity contribution in [3.8, 4) is 11.6 Å². The van der Waals surface area contributed by atoms with Crippen molar-refractivity contribution in [1.29, 1.82) is 0 Å². The Kier molecular flexibility index (Phi) is 4.37. The minimum Gasteiger partial charge on any atom is -0.481 e. The third kappa shape index (κ3) is 3.32. The molecule has 1 atom stereocenters. The molecule has 3 aromatic rings. The Hall–Kier alpha value is -3.02. The van der Waals surface area contributed by atoms with Crippen molar-refractivity contribution in [3.63, 3.8) is 0 Å². The fourth-order valence-electron chi connectivity index (χ4n) is 2.31. The average Bonchev–Trinajstić information content (AvgIpc) is 2.57. The molecule has 0 fully saturated rings. The SMILES string of the molecule is CC(Cc1ncccc1Oc1ccc2cccc(F)c2n1)C(=O)O. The van der Waals surface area contributed by atoms with Crippen LogP contribution in [0, 0.1) is 11.7 Å². The summed E-state index contributed by atoms with van der Waals surface area (Å²) in [7, 11) is 0. The number of fused-ring (bicyclic) bond motifs is 1. The van der Waals surface area contributed by atoms with Crippen molar-refractivity contribution < 1.29 is 19.0 Å². The largest absolute Gasteiger partial charge is 0.481 e. The van der Waals surface area contributed by atoms with E-state index in [1.807, 2.05) is 0 Å². The van der Waals surface area contributed by atoms with Crippen molar-refractivity contribution in [2.45, 2.75) is 13.3 Å². The van der Waals surface area contributed by atoms with Gasteiger partial charge in [0, 0.05) is 24.1 Å². The predicted octanol–water partition coefficient (Wildman–Crippen LogP) is 3.82. The number of ether oxygens (including phenoxy) is 1. The first-order valence-electron chi connectivity index (χ1n) is 7.44. The lowest BCUT2D eigenvalue weighted by Gasteiger charge is -2.12. The normalized spacial score (nSPS) is 12.1. The van der Waals surface area contributed by atoms with Crippen LogP contribution in [0.4, 0.5) is 4.39 Å². The number of hydrogen-bond acceptors (Lipinski definition) is 4. The van der Waals surface area contributed by atoms with Gasteiger partial charge in [-0.1, -0.05) is 19.1 Å². The molecule has 0 aliphatic carbocycles. The van der Waals surface area contributed by atoms with Crippen molar-refractivity contribution in [2.24, 2.45) is 5.92 Å². The van der Waals surface area contributed by atoms with Crippen molar-refractivity contribution in [1.82, 2.24) is 9.97 Å². The Bertz CT molecular complexity index is 898. The highest BCUT2D eigenvalue weighted by Gasteiger charge is 2.16. The lowest BCUT2D eigenvalue weighted by Crippen LogP contribution is -2.13. The van der Waals surface area contributed by atoms with Gasteiger partial charge in [0.25, 0.3) is 0 Å². The first-order valence-corrected chi connectivity index (χ1v) is 7.44. The third-order valence-electron chi connectivity index (χ3n) is 3.63. The number of pyridine rings is 2. The van der Waals surface area contributed by atoms with Gasteiger partial charge in [0.05, 0.1) is 11.6 Å². The maximum atomic E-state index is 13.8. The average molecular weight is 326 g/mol. The zero-order chi connectivity index (χ0) is 17.1. The Morgan fingerprint density at radius 1 is 1.25 bits per heavy atom. The van der Waals surface area contributed by atoms with Gasteiger partial charge >= 0.3 is 5.97 Å². The lowest BCUT2D eigenvalue weighted by atomic mass is 10.1. The van der Waals surface area contributed by atoms with Crippen molar-refractivity contribution in [2.75, 3.05) is 0 Å². The second-order valence-corrected chi connectivity index (χ2v) is 5.45. The van der Waals surface area contributed by atoms with Crippen LogP contribution in [-0.4, -0.2) is 21.0 Å². The quantitative estimate of drug-likeness (QED) is 0.771. The molecule has 0 aliphatic heterocycles. The summed E-state index contributed by atoms with van der Waals surface area (Å²) in [4.78, 5) is 19.4.